The fourth-order valence-electron chi connectivity index (χ4n) is 2.44. The van der Waals surface area contributed by atoms with Gasteiger partial charge in [0.1, 0.15) is 0 Å². The normalized spacial score (nSPS) is 11.7. The van der Waals surface area contributed by atoms with Crippen LogP contribution in [0, 0.1) is 0 Å². The molecule has 0 spiro atoms. The zero-order valence-electron chi connectivity index (χ0n) is 14.9. The Bertz CT molecular complexity index is 835. The predicted molar refractivity (Wildman–Crippen MR) is 106 cm³/mol. The molecule has 0 saturated carbocycles. The van der Waals surface area contributed by atoms with Gasteiger partial charge in [0.05, 0.1) is 5.56 Å². The van der Waals surface area contributed by atoms with E-state index >= 15 is 0 Å². The van der Waals surface area contributed by atoms with E-state index in [1.807, 2.05) is 24.5 Å². The van der Waals surface area contributed by atoms with Crippen molar-refractivity contribution in [3.63, 3.8) is 0 Å². The lowest BCUT2D eigenvalue weighted by Crippen LogP contribution is -2.10. The van der Waals surface area contributed by atoms with E-state index in [0.717, 1.165) is 16.2 Å². The lowest BCUT2D eigenvalue weighted by Gasteiger charge is -2.19. The first-order valence-electron chi connectivity index (χ1n) is 8.16. The van der Waals surface area contributed by atoms with Gasteiger partial charge in [-0.25, -0.2) is 0 Å². The van der Waals surface area contributed by atoms with Crippen LogP contribution in [0.4, 0.5) is 0 Å². The van der Waals surface area contributed by atoms with Gasteiger partial charge in [-0.1, -0.05) is 68.9 Å². The summed E-state index contributed by atoms with van der Waals surface area (Å²) in [7, 11) is 0. The highest BCUT2D eigenvalue weighted by atomic mass is 32.2. The molecule has 0 amide bonds. The molecule has 0 aliphatic carbocycles. The molecular formula is C20H22N2OS2. The van der Waals surface area contributed by atoms with Gasteiger partial charge < -0.3 is 4.42 Å². The van der Waals surface area contributed by atoms with Crippen LogP contribution in [0.1, 0.15) is 31.9 Å². The van der Waals surface area contributed by atoms with Crippen molar-refractivity contribution in [2.75, 3.05) is 6.26 Å². The van der Waals surface area contributed by atoms with Crippen LogP contribution in [0.5, 0.6) is 0 Å². The molecule has 0 atom stereocenters. The topological polar surface area (TPSA) is 38.9 Å². The average Bonchev–Trinajstić information content (AvgIpc) is 3.08. The number of aromatic nitrogens is 2. The molecule has 3 rings (SSSR count). The summed E-state index contributed by atoms with van der Waals surface area (Å²) in [5.41, 5.74) is 3.76. The summed E-state index contributed by atoms with van der Waals surface area (Å²) in [5.74, 6) is 1.39. The molecule has 2 aromatic carbocycles. The molecule has 0 saturated heterocycles. The van der Waals surface area contributed by atoms with E-state index in [1.165, 1.54) is 11.1 Å². The van der Waals surface area contributed by atoms with Gasteiger partial charge in [-0.05, 0) is 34.9 Å². The van der Waals surface area contributed by atoms with Crippen LogP contribution in [0.2, 0.25) is 0 Å². The smallest absolute Gasteiger partial charge is 0.277 e. The van der Waals surface area contributed by atoms with Crippen LogP contribution in [0.3, 0.4) is 0 Å². The van der Waals surface area contributed by atoms with Gasteiger partial charge in [0.2, 0.25) is 5.89 Å². The second kappa shape index (κ2) is 7.67. The largest absolute Gasteiger partial charge is 0.411 e. The maximum atomic E-state index is 5.84. The monoisotopic (exact) mass is 370 g/mol. The first-order chi connectivity index (χ1) is 12.0. The molecule has 3 aromatic rings. The lowest BCUT2D eigenvalue weighted by molar-refractivity contribution is 0.465. The highest BCUT2D eigenvalue weighted by Gasteiger charge is 2.14. The van der Waals surface area contributed by atoms with Gasteiger partial charge in [0, 0.05) is 10.6 Å². The summed E-state index contributed by atoms with van der Waals surface area (Å²) in [5, 5.41) is 8.98. The van der Waals surface area contributed by atoms with Crippen LogP contribution >= 0.6 is 23.5 Å². The average molecular weight is 371 g/mol. The third-order valence-electron chi connectivity index (χ3n) is 3.93. The molecule has 0 fully saturated rings. The molecule has 0 bridgehead atoms. The second-order valence-corrected chi connectivity index (χ2v) is 8.58. The molecule has 5 heteroatoms. The maximum Gasteiger partial charge on any atom is 0.277 e. The zero-order valence-corrected chi connectivity index (χ0v) is 16.6. The SMILES string of the molecule is CSc1ccccc1-c1nnc(SCc2ccc(C(C)(C)C)cc2)o1. The summed E-state index contributed by atoms with van der Waals surface area (Å²) in [4.78, 5) is 1.14. The van der Waals surface area contributed by atoms with Crippen molar-refractivity contribution in [1.29, 1.82) is 0 Å². The zero-order chi connectivity index (χ0) is 17.9. The van der Waals surface area contributed by atoms with Crippen molar-refractivity contribution < 1.29 is 4.42 Å². The minimum absolute atomic E-state index is 0.178. The van der Waals surface area contributed by atoms with Crippen molar-refractivity contribution in [2.24, 2.45) is 0 Å². The van der Waals surface area contributed by atoms with E-state index in [-0.39, 0.29) is 5.41 Å². The molecule has 0 radical (unpaired) electrons. The Morgan fingerprint density at radius 2 is 1.68 bits per heavy atom. The number of nitrogens with zero attached hydrogens (tertiary/aromatic N) is 2. The van der Waals surface area contributed by atoms with Crippen molar-refractivity contribution in [3.8, 4) is 11.5 Å². The van der Waals surface area contributed by atoms with E-state index in [1.54, 1.807) is 23.5 Å². The van der Waals surface area contributed by atoms with Gasteiger partial charge in [-0.2, -0.15) is 0 Å². The van der Waals surface area contributed by atoms with E-state index in [4.69, 9.17) is 4.42 Å². The molecule has 3 nitrogen and oxygen atoms in total. The Labute approximate surface area is 157 Å². The van der Waals surface area contributed by atoms with Crippen LogP contribution in [0.25, 0.3) is 11.5 Å². The number of benzene rings is 2. The number of thioether (sulfide) groups is 2. The summed E-state index contributed by atoms with van der Waals surface area (Å²) in [6, 6.07) is 16.8. The first kappa shape index (κ1) is 18.1. The fourth-order valence-corrected chi connectivity index (χ4v) is 3.75. The van der Waals surface area contributed by atoms with Gasteiger partial charge in [-0.3, -0.25) is 0 Å². The van der Waals surface area contributed by atoms with Crippen LogP contribution < -0.4 is 0 Å². The van der Waals surface area contributed by atoms with Gasteiger partial charge in [0.15, 0.2) is 0 Å². The quantitative estimate of drug-likeness (QED) is 0.511. The van der Waals surface area contributed by atoms with Gasteiger partial charge in [-0.15, -0.1) is 22.0 Å². The third-order valence-corrected chi connectivity index (χ3v) is 5.61. The second-order valence-electron chi connectivity index (χ2n) is 6.81. The van der Waals surface area contributed by atoms with Gasteiger partial charge >= 0.3 is 0 Å². The Morgan fingerprint density at radius 1 is 0.960 bits per heavy atom. The number of rotatable bonds is 5. The predicted octanol–water partition coefficient (Wildman–Crippen LogP) is 6.05. The van der Waals surface area contributed by atoms with Crippen molar-refractivity contribution in [3.05, 3.63) is 59.7 Å². The number of hydrogen-bond donors (Lipinski definition) is 0. The maximum absolute atomic E-state index is 5.84. The minimum atomic E-state index is 0.178. The van der Waals surface area contributed by atoms with Crippen LogP contribution in [-0.4, -0.2) is 16.5 Å². The fraction of sp³-hybridized carbons (Fsp3) is 0.300. The van der Waals surface area contributed by atoms with Crippen molar-refractivity contribution >= 4 is 23.5 Å². The molecule has 25 heavy (non-hydrogen) atoms. The third kappa shape index (κ3) is 4.47. The van der Waals surface area contributed by atoms with E-state index < -0.39 is 0 Å². The summed E-state index contributed by atoms with van der Waals surface area (Å²) < 4.78 is 5.84. The van der Waals surface area contributed by atoms with Crippen molar-refractivity contribution in [2.45, 2.75) is 42.1 Å². The molecule has 0 unspecified atom stereocenters. The molecule has 1 heterocycles. The summed E-state index contributed by atoms with van der Waals surface area (Å²) >= 11 is 3.25. The Hall–Kier alpha value is -1.72. The van der Waals surface area contributed by atoms with Crippen LogP contribution in [0.15, 0.2) is 63.1 Å². The highest BCUT2D eigenvalue weighted by Crippen LogP contribution is 2.31. The lowest BCUT2D eigenvalue weighted by atomic mass is 9.87. The Balaban J connectivity index is 1.68. The van der Waals surface area contributed by atoms with E-state index in [2.05, 4.69) is 61.3 Å². The molecule has 1 aromatic heterocycles. The van der Waals surface area contributed by atoms with Crippen molar-refractivity contribution in [1.82, 2.24) is 10.2 Å². The molecule has 0 N–H and O–H groups in total. The Kier molecular flexibility index (Phi) is 5.54. The highest BCUT2D eigenvalue weighted by molar-refractivity contribution is 7.98. The summed E-state index contributed by atoms with van der Waals surface area (Å²) in [6.45, 7) is 6.68. The minimum Gasteiger partial charge on any atom is -0.411 e. The standard InChI is InChI=1S/C20H22N2OS2/c1-20(2,3)15-11-9-14(10-12-15)13-25-19-22-21-18(23-19)16-7-5-6-8-17(16)24-4/h5-12H,13H2,1-4H3. The van der Waals surface area contributed by atoms with E-state index in [9.17, 15) is 0 Å². The first-order valence-corrected chi connectivity index (χ1v) is 10.4. The molecule has 130 valence electrons. The van der Waals surface area contributed by atoms with Gasteiger partial charge in [0.25, 0.3) is 5.22 Å². The number of hydrogen-bond acceptors (Lipinski definition) is 5. The molecule has 0 aliphatic rings. The molecule has 0 aliphatic heterocycles. The van der Waals surface area contributed by atoms with E-state index in [0.29, 0.717) is 11.1 Å². The van der Waals surface area contributed by atoms with Crippen LogP contribution in [-0.2, 0) is 11.2 Å². The molecular weight excluding hydrogens is 348 g/mol. The Morgan fingerprint density at radius 3 is 2.36 bits per heavy atom. The summed E-state index contributed by atoms with van der Waals surface area (Å²) in [6.07, 6.45) is 2.05.